The highest BCUT2D eigenvalue weighted by Gasteiger charge is 2.07. The third-order valence-corrected chi connectivity index (χ3v) is 3.16. The summed E-state index contributed by atoms with van der Waals surface area (Å²) in [7, 11) is 2.02. The van der Waals surface area contributed by atoms with Gasteiger partial charge in [-0.05, 0) is 48.7 Å². The molecule has 1 N–H and O–H groups in total. The fourth-order valence-electron chi connectivity index (χ4n) is 1.51. The monoisotopic (exact) mass is 227 g/mol. The van der Waals surface area contributed by atoms with Crippen molar-refractivity contribution in [2.45, 2.75) is 32.2 Å². The zero-order valence-corrected chi connectivity index (χ0v) is 10.5. The van der Waals surface area contributed by atoms with Crippen LogP contribution in [0.1, 0.15) is 25.3 Å². The van der Waals surface area contributed by atoms with Crippen LogP contribution >= 0.6 is 11.3 Å². The van der Waals surface area contributed by atoms with Crippen LogP contribution in [0.15, 0.2) is 16.8 Å². The molecule has 1 heterocycles. The molecule has 0 saturated heterocycles. The molecule has 86 valence electrons. The van der Waals surface area contributed by atoms with Gasteiger partial charge in [0.1, 0.15) is 0 Å². The number of likely N-dealkylation sites (N-methyl/N-ethyl adjacent to an activating group) is 1. The first-order valence-corrected chi connectivity index (χ1v) is 6.57. The maximum atomic E-state index is 5.50. The Hall–Kier alpha value is -0.380. The molecule has 1 aromatic rings. The molecule has 2 nitrogen and oxygen atoms in total. The molecule has 0 aliphatic rings. The lowest BCUT2D eigenvalue weighted by atomic mass is 10.1. The minimum atomic E-state index is 0.538. The van der Waals surface area contributed by atoms with Gasteiger partial charge in [-0.25, -0.2) is 0 Å². The van der Waals surface area contributed by atoms with E-state index >= 15 is 0 Å². The highest BCUT2D eigenvalue weighted by atomic mass is 32.1. The second-order valence-electron chi connectivity index (χ2n) is 3.72. The van der Waals surface area contributed by atoms with E-state index in [0.29, 0.717) is 6.04 Å². The van der Waals surface area contributed by atoms with Crippen LogP contribution in [0.25, 0.3) is 0 Å². The molecule has 1 rings (SSSR count). The van der Waals surface area contributed by atoms with Crippen LogP contribution in [-0.2, 0) is 11.2 Å². The zero-order chi connectivity index (χ0) is 10.9. The Bertz CT molecular complexity index is 236. The van der Waals surface area contributed by atoms with Crippen molar-refractivity contribution in [2.24, 2.45) is 0 Å². The quantitative estimate of drug-likeness (QED) is 0.689. The average molecular weight is 227 g/mol. The fourth-order valence-corrected chi connectivity index (χ4v) is 2.20. The van der Waals surface area contributed by atoms with Crippen molar-refractivity contribution in [2.75, 3.05) is 20.3 Å². The van der Waals surface area contributed by atoms with Crippen molar-refractivity contribution in [3.8, 4) is 0 Å². The molecule has 1 atom stereocenters. The van der Waals surface area contributed by atoms with E-state index < -0.39 is 0 Å². The summed E-state index contributed by atoms with van der Waals surface area (Å²) in [6, 6.07) is 2.73. The van der Waals surface area contributed by atoms with Gasteiger partial charge in [-0.1, -0.05) is 6.92 Å². The summed E-state index contributed by atoms with van der Waals surface area (Å²) in [4.78, 5) is 0. The van der Waals surface area contributed by atoms with E-state index in [1.807, 2.05) is 7.05 Å². The summed E-state index contributed by atoms with van der Waals surface area (Å²) >= 11 is 1.77. The van der Waals surface area contributed by atoms with Crippen molar-refractivity contribution in [1.29, 1.82) is 0 Å². The summed E-state index contributed by atoms with van der Waals surface area (Å²) in [6.07, 6.45) is 3.30. The first kappa shape index (κ1) is 12.7. The van der Waals surface area contributed by atoms with Crippen LogP contribution in [0.3, 0.4) is 0 Å². The Kier molecular flexibility index (Phi) is 6.64. The van der Waals surface area contributed by atoms with E-state index in [1.165, 1.54) is 5.56 Å². The normalized spacial score (nSPS) is 12.9. The molecular weight excluding hydrogens is 206 g/mol. The van der Waals surface area contributed by atoms with E-state index in [-0.39, 0.29) is 0 Å². The Morgan fingerprint density at radius 2 is 2.33 bits per heavy atom. The van der Waals surface area contributed by atoms with Crippen LogP contribution in [0, 0.1) is 0 Å². The number of ether oxygens (including phenoxy) is 1. The molecule has 0 radical (unpaired) electrons. The summed E-state index contributed by atoms with van der Waals surface area (Å²) in [5, 5.41) is 7.70. The van der Waals surface area contributed by atoms with E-state index in [0.717, 1.165) is 32.5 Å². The largest absolute Gasteiger partial charge is 0.381 e. The van der Waals surface area contributed by atoms with Crippen molar-refractivity contribution in [1.82, 2.24) is 5.32 Å². The zero-order valence-electron chi connectivity index (χ0n) is 9.66. The number of rotatable bonds is 8. The van der Waals surface area contributed by atoms with Crippen LogP contribution in [-0.4, -0.2) is 26.3 Å². The summed E-state index contributed by atoms with van der Waals surface area (Å²) in [6.45, 7) is 3.89. The minimum absolute atomic E-state index is 0.538. The fraction of sp³-hybridized carbons (Fsp3) is 0.667. The number of nitrogens with one attached hydrogen (secondary N) is 1. The molecule has 1 unspecified atom stereocenters. The minimum Gasteiger partial charge on any atom is -0.381 e. The van der Waals surface area contributed by atoms with Crippen molar-refractivity contribution >= 4 is 11.3 Å². The smallest absolute Gasteiger partial charge is 0.0480 e. The molecule has 0 bridgehead atoms. The van der Waals surface area contributed by atoms with E-state index in [4.69, 9.17) is 4.74 Å². The lowest BCUT2D eigenvalue weighted by Crippen LogP contribution is -2.28. The number of thiophene rings is 1. The molecular formula is C12H21NOS. The lowest BCUT2D eigenvalue weighted by Gasteiger charge is -2.15. The van der Waals surface area contributed by atoms with Crippen LogP contribution in [0.4, 0.5) is 0 Å². The van der Waals surface area contributed by atoms with Crippen molar-refractivity contribution in [3.63, 3.8) is 0 Å². The molecule has 0 fully saturated rings. The van der Waals surface area contributed by atoms with Gasteiger partial charge < -0.3 is 10.1 Å². The van der Waals surface area contributed by atoms with Gasteiger partial charge in [0.15, 0.2) is 0 Å². The molecule has 15 heavy (non-hydrogen) atoms. The van der Waals surface area contributed by atoms with Crippen molar-refractivity contribution < 1.29 is 4.74 Å². The number of hydrogen-bond donors (Lipinski definition) is 1. The molecule has 0 saturated carbocycles. The Labute approximate surface area is 96.7 Å². The first-order valence-electron chi connectivity index (χ1n) is 5.63. The standard InChI is InChI=1S/C12H21NOS/c1-3-6-14-7-4-12(13-2)9-11-5-8-15-10-11/h5,8,10,12-13H,3-4,6-7,9H2,1-2H3. The topological polar surface area (TPSA) is 21.3 Å². The van der Waals surface area contributed by atoms with Gasteiger partial charge in [0.25, 0.3) is 0 Å². The Morgan fingerprint density at radius 3 is 2.93 bits per heavy atom. The lowest BCUT2D eigenvalue weighted by molar-refractivity contribution is 0.125. The predicted molar refractivity (Wildman–Crippen MR) is 66.6 cm³/mol. The molecule has 3 heteroatoms. The van der Waals surface area contributed by atoms with E-state index in [1.54, 1.807) is 11.3 Å². The van der Waals surface area contributed by atoms with Gasteiger partial charge in [0.05, 0.1) is 0 Å². The molecule has 1 aromatic heterocycles. The summed E-state index contributed by atoms with van der Waals surface area (Å²) in [5.41, 5.74) is 1.43. The molecule has 0 aliphatic heterocycles. The number of hydrogen-bond acceptors (Lipinski definition) is 3. The predicted octanol–water partition coefficient (Wildman–Crippen LogP) is 2.70. The summed E-state index contributed by atoms with van der Waals surface area (Å²) in [5.74, 6) is 0. The SMILES string of the molecule is CCCOCCC(Cc1ccsc1)NC. The molecule has 0 aliphatic carbocycles. The van der Waals surface area contributed by atoms with Gasteiger partial charge in [0.2, 0.25) is 0 Å². The third kappa shape index (κ3) is 5.30. The van der Waals surface area contributed by atoms with Gasteiger partial charge in [-0.2, -0.15) is 11.3 Å². The molecule has 0 aromatic carbocycles. The second-order valence-corrected chi connectivity index (χ2v) is 4.50. The Balaban J connectivity index is 2.18. The van der Waals surface area contributed by atoms with Gasteiger partial charge >= 0.3 is 0 Å². The van der Waals surface area contributed by atoms with Gasteiger partial charge in [-0.15, -0.1) is 0 Å². The molecule has 0 amide bonds. The van der Waals surface area contributed by atoms with Crippen LogP contribution in [0.5, 0.6) is 0 Å². The van der Waals surface area contributed by atoms with E-state index in [9.17, 15) is 0 Å². The third-order valence-electron chi connectivity index (χ3n) is 2.43. The maximum absolute atomic E-state index is 5.50. The maximum Gasteiger partial charge on any atom is 0.0480 e. The summed E-state index contributed by atoms with van der Waals surface area (Å²) < 4.78 is 5.50. The first-order chi connectivity index (χ1) is 7.36. The Morgan fingerprint density at radius 1 is 1.47 bits per heavy atom. The van der Waals surface area contributed by atoms with Crippen LogP contribution < -0.4 is 5.32 Å². The van der Waals surface area contributed by atoms with Gasteiger partial charge in [0, 0.05) is 19.3 Å². The highest BCUT2D eigenvalue weighted by molar-refractivity contribution is 7.07. The molecule has 0 spiro atoms. The second kappa shape index (κ2) is 7.85. The van der Waals surface area contributed by atoms with Crippen molar-refractivity contribution in [3.05, 3.63) is 22.4 Å². The van der Waals surface area contributed by atoms with E-state index in [2.05, 4.69) is 29.1 Å². The average Bonchev–Trinajstić information content (AvgIpc) is 2.75. The van der Waals surface area contributed by atoms with Gasteiger partial charge in [-0.3, -0.25) is 0 Å². The van der Waals surface area contributed by atoms with Crippen LogP contribution in [0.2, 0.25) is 0 Å². The highest BCUT2D eigenvalue weighted by Crippen LogP contribution is 2.10.